The van der Waals surface area contributed by atoms with E-state index in [2.05, 4.69) is 10.1 Å². The lowest BCUT2D eigenvalue weighted by atomic mass is 10.2. The highest BCUT2D eigenvalue weighted by Gasteiger charge is 2.17. The number of carbonyl (C=O) groups is 1. The van der Waals surface area contributed by atoms with Gasteiger partial charge in [-0.1, -0.05) is 0 Å². The number of carbonyl (C=O) groups excluding carboxylic acids is 1. The van der Waals surface area contributed by atoms with Gasteiger partial charge in [-0.3, -0.25) is 0 Å². The highest BCUT2D eigenvalue weighted by molar-refractivity contribution is 5.85. The first-order valence-electron chi connectivity index (χ1n) is 5.60. The molecule has 0 spiro atoms. The van der Waals surface area contributed by atoms with Crippen molar-refractivity contribution < 1.29 is 18.8 Å². The maximum atomic E-state index is 11.4. The second kappa shape index (κ2) is 5.38. The van der Waals surface area contributed by atoms with Crippen LogP contribution in [0, 0.1) is 0 Å². The Morgan fingerprint density at radius 1 is 1.47 bits per heavy atom. The summed E-state index contributed by atoms with van der Waals surface area (Å²) in [7, 11) is 1.52. The van der Waals surface area contributed by atoms with Crippen LogP contribution in [0.1, 0.15) is 17.5 Å². The van der Waals surface area contributed by atoms with Crippen LogP contribution in [0.2, 0.25) is 0 Å². The van der Waals surface area contributed by atoms with Gasteiger partial charge in [0.05, 0.1) is 19.4 Å². The quantitative estimate of drug-likeness (QED) is 0.658. The van der Waals surface area contributed by atoms with Crippen molar-refractivity contribution in [1.82, 2.24) is 10.1 Å². The van der Waals surface area contributed by atoms with Crippen molar-refractivity contribution in [3.8, 4) is 17.2 Å². The molecule has 0 fully saturated rings. The molecule has 0 unspecified atom stereocenters. The first-order valence-corrected chi connectivity index (χ1v) is 5.60. The average molecular weight is 263 g/mol. The number of aromatic nitrogens is 2. The second-order valence-electron chi connectivity index (χ2n) is 3.60. The number of nitrogens with two attached hydrogens (primary N) is 1. The predicted molar refractivity (Wildman–Crippen MR) is 66.7 cm³/mol. The Bertz CT molecular complexity index is 594. The molecule has 0 aliphatic rings. The number of nitrogen functional groups attached to an aromatic ring is 1. The molecule has 0 aliphatic heterocycles. The lowest BCUT2D eigenvalue weighted by Gasteiger charge is -2.04. The average Bonchev–Trinajstić information content (AvgIpc) is 2.88. The van der Waals surface area contributed by atoms with E-state index in [0.29, 0.717) is 17.0 Å². The van der Waals surface area contributed by atoms with E-state index in [1.54, 1.807) is 25.1 Å². The van der Waals surface area contributed by atoms with Gasteiger partial charge < -0.3 is 19.7 Å². The van der Waals surface area contributed by atoms with E-state index in [4.69, 9.17) is 19.7 Å². The van der Waals surface area contributed by atoms with Crippen molar-refractivity contribution in [2.45, 2.75) is 6.92 Å². The molecule has 100 valence electrons. The van der Waals surface area contributed by atoms with Gasteiger partial charge in [-0.2, -0.15) is 4.98 Å². The highest BCUT2D eigenvalue weighted by atomic mass is 16.5. The number of hydrogen-bond acceptors (Lipinski definition) is 7. The smallest absolute Gasteiger partial charge is 0.379 e. The Kier molecular flexibility index (Phi) is 3.65. The van der Waals surface area contributed by atoms with Gasteiger partial charge in [-0.15, -0.1) is 0 Å². The molecule has 2 aromatic rings. The molecule has 19 heavy (non-hydrogen) atoms. The van der Waals surface area contributed by atoms with Gasteiger partial charge in [0.2, 0.25) is 0 Å². The molecule has 0 bridgehead atoms. The van der Waals surface area contributed by atoms with Gasteiger partial charge in [0, 0.05) is 5.56 Å². The molecular weight excluding hydrogens is 250 g/mol. The third-order valence-corrected chi connectivity index (χ3v) is 2.36. The predicted octanol–water partition coefficient (Wildman–Crippen LogP) is 1.50. The lowest BCUT2D eigenvalue weighted by molar-refractivity contribution is 0.0508. The standard InChI is InChI=1S/C12H13N3O4/c1-3-18-12(16)10-14-11(19-15-10)7-4-5-9(17-2)8(13)6-7/h4-6H,3,13H2,1-2H3. The number of anilines is 1. The summed E-state index contributed by atoms with van der Waals surface area (Å²) in [6.45, 7) is 1.95. The van der Waals surface area contributed by atoms with Crippen LogP contribution in [0.5, 0.6) is 5.75 Å². The van der Waals surface area contributed by atoms with E-state index in [0.717, 1.165) is 0 Å². The number of ether oxygens (including phenoxy) is 2. The van der Waals surface area contributed by atoms with Crippen LogP contribution in [0.3, 0.4) is 0 Å². The Morgan fingerprint density at radius 3 is 2.89 bits per heavy atom. The van der Waals surface area contributed by atoms with Gasteiger partial charge in [0.1, 0.15) is 5.75 Å². The molecule has 0 atom stereocenters. The van der Waals surface area contributed by atoms with E-state index in [1.165, 1.54) is 7.11 Å². The van der Waals surface area contributed by atoms with Crippen LogP contribution in [0.25, 0.3) is 11.5 Å². The zero-order valence-electron chi connectivity index (χ0n) is 10.5. The van der Waals surface area contributed by atoms with Gasteiger partial charge in [-0.25, -0.2) is 4.79 Å². The van der Waals surface area contributed by atoms with Gasteiger partial charge >= 0.3 is 5.97 Å². The van der Waals surface area contributed by atoms with E-state index in [9.17, 15) is 4.79 Å². The Hall–Kier alpha value is -2.57. The van der Waals surface area contributed by atoms with E-state index in [1.807, 2.05) is 0 Å². The zero-order chi connectivity index (χ0) is 13.8. The fourth-order valence-corrected chi connectivity index (χ4v) is 1.49. The molecular formula is C12H13N3O4. The zero-order valence-corrected chi connectivity index (χ0v) is 10.5. The summed E-state index contributed by atoms with van der Waals surface area (Å²) in [4.78, 5) is 15.4. The minimum absolute atomic E-state index is 0.119. The van der Waals surface area contributed by atoms with Crippen LogP contribution >= 0.6 is 0 Å². The lowest BCUT2D eigenvalue weighted by Crippen LogP contribution is -2.06. The highest BCUT2D eigenvalue weighted by Crippen LogP contribution is 2.27. The van der Waals surface area contributed by atoms with Crippen molar-refractivity contribution in [2.24, 2.45) is 0 Å². The number of methoxy groups -OCH3 is 1. The SMILES string of the molecule is CCOC(=O)c1noc(-c2ccc(OC)c(N)c2)n1. The first-order chi connectivity index (χ1) is 9.15. The topological polar surface area (TPSA) is 100 Å². The molecule has 1 aromatic heterocycles. The summed E-state index contributed by atoms with van der Waals surface area (Å²) in [6, 6.07) is 5.01. The van der Waals surface area contributed by atoms with Crippen LogP contribution < -0.4 is 10.5 Å². The van der Waals surface area contributed by atoms with Crippen molar-refractivity contribution in [2.75, 3.05) is 19.5 Å². The first kappa shape index (κ1) is 12.9. The van der Waals surface area contributed by atoms with E-state index in [-0.39, 0.29) is 18.3 Å². The summed E-state index contributed by atoms with van der Waals surface area (Å²) in [5.41, 5.74) is 6.82. The summed E-state index contributed by atoms with van der Waals surface area (Å²) >= 11 is 0. The van der Waals surface area contributed by atoms with Crippen LogP contribution in [0.15, 0.2) is 22.7 Å². The van der Waals surface area contributed by atoms with Crippen molar-refractivity contribution in [3.63, 3.8) is 0 Å². The number of rotatable bonds is 4. The molecule has 0 saturated carbocycles. The van der Waals surface area contributed by atoms with Crippen molar-refractivity contribution in [3.05, 3.63) is 24.0 Å². The molecule has 1 aromatic carbocycles. The Balaban J connectivity index is 2.27. The molecule has 0 saturated heterocycles. The number of esters is 1. The minimum atomic E-state index is -0.626. The number of hydrogen-bond donors (Lipinski definition) is 1. The molecule has 0 aliphatic carbocycles. The van der Waals surface area contributed by atoms with Crippen LogP contribution in [-0.2, 0) is 4.74 Å². The molecule has 7 nitrogen and oxygen atoms in total. The molecule has 7 heteroatoms. The van der Waals surface area contributed by atoms with Crippen molar-refractivity contribution >= 4 is 11.7 Å². The summed E-state index contributed by atoms with van der Waals surface area (Å²) in [6.07, 6.45) is 0. The summed E-state index contributed by atoms with van der Waals surface area (Å²) in [5.74, 6) is -0.00323. The third-order valence-electron chi connectivity index (χ3n) is 2.36. The molecule has 2 rings (SSSR count). The fourth-order valence-electron chi connectivity index (χ4n) is 1.49. The maximum absolute atomic E-state index is 11.4. The molecule has 1 heterocycles. The van der Waals surface area contributed by atoms with E-state index < -0.39 is 5.97 Å². The number of benzene rings is 1. The minimum Gasteiger partial charge on any atom is -0.495 e. The Labute approximate surface area is 109 Å². The van der Waals surface area contributed by atoms with E-state index >= 15 is 0 Å². The van der Waals surface area contributed by atoms with Gasteiger partial charge in [-0.05, 0) is 30.3 Å². The van der Waals surface area contributed by atoms with Crippen molar-refractivity contribution in [1.29, 1.82) is 0 Å². The fraction of sp³-hybridized carbons (Fsp3) is 0.250. The summed E-state index contributed by atoms with van der Waals surface area (Å²) in [5, 5.41) is 3.55. The maximum Gasteiger partial charge on any atom is 0.379 e. The normalized spacial score (nSPS) is 10.2. The van der Waals surface area contributed by atoms with Crippen LogP contribution in [-0.4, -0.2) is 29.8 Å². The number of nitrogens with zero attached hydrogens (tertiary/aromatic N) is 2. The van der Waals surface area contributed by atoms with Gasteiger partial charge in [0.25, 0.3) is 11.7 Å². The molecule has 0 amide bonds. The monoisotopic (exact) mass is 263 g/mol. The third kappa shape index (κ3) is 2.65. The molecule has 0 radical (unpaired) electrons. The second-order valence-corrected chi connectivity index (χ2v) is 3.60. The van der Waals surface area contributed by atoms with Crippen LogP contribution in [0.4, 0.5) is 5.69 Å². The molecule has 2 N–H and O–H groups in total. The Morgan fingerprint density at radius 2 is 2.26 bits per heavy atom. The largest absolute Gasteiger partial charge is 0.495 e. The summed E-state index contributed by atoms with van der Waals surface area (Å²) < 4.78 is 14.8. The van der Waals surface area contributed by atoms with Gasteiger partial charge in [0.15, 0.2) is 0 Å².